The van der Waals surface area contributed by atoms with Gasteiger partial charge in [-0.25, -0.2) is 9.97 Å². The number of likely N-dealkylation sites (tertiary alicyclic amines) is 1. The molecule has 0 aliphatic carbocycles. The summed E-state index contributed by atoms with van der Waals surface area (Å²) in [6.45, 7) is 6.30. The molecule has 1 saturated heterocycles. The molecule has 2 N–H and O–H groups in total. The van der Waals surface area contributed by atoms with Crippen LogP contribution < -0.4 is 5.32 Å². The van der Waals surface area contributed by atoms with Crippen LogP contribution in [0.25, 0.3) is 11.0 Å². The number of aromatic amines is 1. The van der Waals surface area contributed by atoms with Crippen molar-refractivity contribution >= 4 is 39.3 Å². The number of rotatable bonds is 5. The van der Waals surface area contributed by atoms with Crippen LogP contribution >= 0.6 is 11.3 Å². The Balaban J connectivity index is 1.31. The Labute approximate surface area is 185 Å². The molecule has 9 heteroatoms. The second-order valence-electron chi connectivity index (χ2n) is 8.38. The van der Waals surface area contributed by atoms with E-state index in [-0.39, 0.29) is 17.7 Å². The summed E-state index contributed by atoms with van der Waals surface area (Å²) in [5, 5.41) is 3.41. The summed E-state index contributed by atoms with van der Waals surface area (Å²) in [6.07, 6.45) is 1.58. The maximum Gasteiger partial charge on any atom is 0.265 e. The molecule has 164 valence electrons. The fourth-order valence-corrected chi connectivity index (χ4v) is 4.87. The van der Waals surface area contributed by atoms with Crippen LogP contribution in [0.3, 0.4) is 0 Å². The highest BCUT2D eigenvalue weighted by atomic mass is 32.1. The predicted molar refractivity (Wildman–Crippen MR) is 122 cm³/mol. The van der Waals surface area contributed by atoms with Crippen LogP contribution in [0.2, 0.25) is 0 Å². The minimum Gasteiger partial charge on any atom is -0.344 e. The number of anilines is 1. The maximum absolute atomic E-state index is 12.7. The number of thiazole rings is 1. The summed E-state index contributed by atoms with van der Waals surface area (Å²) >= 11 is 1.24. The Bertz CT molecular complexity index is 1110. The summed E-state index contributed by atoms with van der Waals surface area (Å²) in [4.78, 5) is 41.8. The first-order valence-corrected chi connectivity index (χ1v) is 11.3. The van der Waals surface area contributed by atoms with Gasteiger partial charge in [0.05, 0.1) is 23.3 Å². The largest absolute Gasteiger partial charge is 0.344 e. The molecular formula is C22H28N6O2S. The quantitative estimate of drug-likeness (QED) is 0.635. The number of aryl methyl sites for hydroxylation is 2. The van der Waals surface area contributed by atoms with E-state index in [1.807, 2.05) is 6.07 Å². The zero-order valence-corrected chi connectivity index (χ0v) is 19.2. The van der Waals surface area contributed by atoms with Crippen molar-refractivity contribution in [1.29, 1.82) is 0 Å². The Morgan fingerprint density at radius 2 is 1.97 bits per heavy atom. The molecule has 8 nitrogen and oxygen atoms in total. The van der Waals surface area contributed by atoms with Crippen molar-refractivity contribution in [3.63, 3.8) is 0 Å². The molecule has 1 aliphatic rings. The number of aromatic nitrogens is 3. The second kappa shape index (κ2) is 8.76. The first kappa shape index (κ1) is 21.5. The number of nitrogens with one attached hydrogen (secondary N) is 2. The van der Waals surface area contributed by atoms with E-state index < -0.39 is 0 Å². The Hall–Kier alpha value is -2.78. The van der Waals surface area contributed by atoms with Gasteiger partial charge in [0, 0.05) is 20.0 Å². The van der Waals surface area contributed by atoms with Gasteiger partial charge < -0.3 is 15.2 Å². The minimum atomic E-state index is -0.0930. The number of carbonyl (C=O) groups is 2. The topological polar surface area (TPSA) is 94.2 Å². The van der Waals surface area contributed by atoms with Crippen LogP contribution in [0.5, 0.6) is 0 Å². The Morgan fingerprint density at radius 1 is 1.23 bits per heavy atom. The van der Waals surface area contributed by atoms with Crippen molar-refractivity contribution in [2.45, 2.75) is 33.2 Å². The number of carbonyl (C=O) groups excluding carboxylic acids is 2. The first-order valence-electron chi connectivity index (χ1n) is 10.5. The molecule has 4 rings (SSSR count). The van der Waals surface area contributed by atoms with Crippen molar-refractivity contribution < 1.29 is 9.59 Å². The van der Waals surface area contributed by atoms with Crippen LogP contribution in [-0.4, -0.2) is 63.8 Å². The van der Waals surface area contributed by atoms with Crippen molar-refractivity contribution in [3.05, 3.63) is 40.2 Å². The highest BCUT2D eigenvalue weighted by molar-refractivity contribution is 7.17. The zero-order chi connectivity index (χ0) is 22.1. The van der Waals surface area contributed by atoms with E-state index in [0.717, 1.165) is 49.3 Å². The summed E-state index contributed by atoms with van der Waals surface area (Å²) in [7, 11) is 3.42. The van der Waals surface area contributed by atoms with Gasteiger partial charge >= 0.3 is 0 Å². The average molecular weight is 441 g/mol. The van der Waals surface area contributed by atoms with Gasteiger partial charge in [-0.1, -0.05) is 17.4 Å². The summed E-state index contributed by atoms with van der Waals surface area (Å²) in [5.74, 6) is 0.799. The molecular weight excluding hydrogens is 412 g/mol. The fourth-order valence-electron chi connectivity index (χ4n) is 3.88. The predicted octanol–water partition coefficient (Wildman–Crippen LogP) is 3.19. The third-order valence-electron chi connectivity index (χ3n) is 5.65. The van der Waals surface area contributed by atoms with Crippen molar-refractivity contribution in [2.75, 3.05) is 32.5 Å². The SMILES string of the molecule is Cc1ccc2nc(CN3CCC(C(=O)Nc4nc(C)c(C(=O)N(C)C)s4)CC3)[nH]c2c1. The lowest BCUT2D eigenvalue weighted by atomic mass is 9.96. The first-order chi connectivity index (χ1) is 14.8. The number of nitrogens with zero attached hydrogens (tertiary/aromatic N) is 4. The van der Waals surface area contributed by atoms with E-state index in [4.69, 9.17) is 0 Å². The third kappa shape index (κ3) is 4.77. The van der Waals surface area contributed by atoms with E-state index in [1.165, 1.54) is 21.8 Å². The Kier molecular flexibility index (Phi) is 6.06. The van der Waals surface area contributed by atoms with Gasteiger partial charge in [-0.3, -0.25) is 14.5 Å². The van der Waals surface area contributed by atoms with Crippen molar-refractivity contribution in [2.24, 2.45) is 5.92 Å². The number of piperidine rings is 1. The number of hydrogen-bond acceptors (Lipinski definition) is 6. The minimum absolute atomic E-state index is 0.0172. The van der Waals surface area contributed by atoms with Crippen LogP contribution in [0.4, 0.5) is 5.13 Å². The van der Waals surface area contributed by atoms with Crippen molar-refractivity contribution in [1.82, 2.24) is 24.8 Å². The molecule has 1 fully saturated rings. The van der Waals surface area contributed by atoms with Gasteiger partial charge in [-0.15, -0.1) is 0 Å². The van der Waals surface area contributed by atoms with Gasteiger partial charge in [0.2, 0.25) is 5.91 Å². The molecule has 2 amide bonds. The lowest BCUT2D eigenvalue weighted by molar-refractivity contribution is -0.121. The number of benzene rings is 1. The summed E-state index contributed by atoms with van der Waals surface area (Å²) in [6, 6.07) is 6.22. The van der Waals surface area contributed by atoms with Gasteiger partial charge in [-0.05, 0) is 57.5 Å². The monoisotopic (exact) mass is 440 g/mol. The smallest absolute Gasteiger partial charge is 0.265 e. The number of imidazole rings is 1. The fraction of sp³-hybridized carbons (Fsp3) is 0.455. The molecule has 0 radical (unpaired) electrons. The maximum atomic E-state index is 12.7. The zero-order valence-electron chi connectivity index (χ0n) is 18.4. The highest BCUT2D eigenvalue weighted by Gasteiger charge is 2.27. The van der Waals surface area contributed by atoms with Crippen LogP contribution in [0, 0.1) is 19.8 Å². The van der Waals surface area contributed by atoms with Gasteiger partial charge in [0.1, 0.15) is 10.7 Å². The third-order valence-corrected chi connectivity index (χ3v) is 6.71. The lowest BCUT2D eigenvalue weighted by Gasteiger charge is -2.30. The van der Waals surface area contributed by atoms with Gasteiger partial charge in [0.25, 0.3) is 5.91 Å². The number of H-pyrrole nitrogens is 1. The molecule has 2 aromatic heterocycles. The Morgan fingerprint density at radius 3 is 2.68 bits per heavy atom. The van der Waals surface area contributed by atoms with Crippen LogP contribution in [0.15, 0.2) is 18.2 Å². The number of fused-ring (bicyclic) bond motifs is 1. The molecule has 0 unspecified atom stereocenters. The summed E-state index contributed by atoms with van der Waals surface area (Å²) < 4.78 is 0. The lowest BCUT2D eigenvalue weighted by Crippen LogP contribution is -2.38. The van der Waals surface area contributed by atoms with E-state index >= 15 is 0 Å². The van der Waals surface area contributed by atoms with E-state index in [1.54, 1.807) is 21.0 Å². The summed E-state index contributed by atoms with van der Waals surface area (Å²) in [5.41, 5.74) is 3.91. The van der Waals surface area contributed by atoms with E-state index in [0.29, 0.717) is 15.7 Å². The number of hydrogen-bond donors (Lipinski definition) is 2. The van der Waals surface area contributed by atoms with Crippen LogP contribution in [-0.2, 0) is 11.3 Å². The van der Waals surface area contributed by atoms with E-state index in [9.17, 15) is 9.59 Å². The molecule has 0 bridgehead atoms. The van der Waals surface area contributed by atoms with Crippen molar-refractivity contribution in [3.8, 4) is 0 Å². The molecule has 0 spiro atoms. The van der Waals surface area contributed by atoms with E-state index in [2.05, 4.69) is 44.2 Å². The molecule has 1 aromatic carbocycles. The molecule has 3 heterocycles. The molecule has 31 heavy (non-hydrogen) atoms. The molecule has 3 aromatic rings. The second-order valence-corrected chi connectivity index (χ2v) is 9.38. The molecule has 0 saturated carbocycles. The normalized spacial score (nSPS) is 15.4. The van der Waals surface area contributed by atoms with Gasteiger partial charge in [0.15, 0.2) is 5.13 Å². The number of amides is 2. The molecule has 1 aliphatic heterocycles. The standard InChI is InChI=1S/C22H28N6O2S/c1-13-5-6-16-17(11-13)25-18(24-16)12-28-9-7-15(8-10-28)20(29)26-22-23-14(2)19(31-22)21(30)27(3)4/h5-6,11,15H,7-10,12H2,1-4H3,(H,24,25)(H,23,26,29). The average Bonchev–Trinajstić information content (AvgIpc) is 3.29. The van der Waals surface area contributed by atoms with Gasteiger partial charge in [-0.2, -0.15) is 0 Å². The molecule has 0 atom stereocenters. The highest BCUT2D eigenvalue weighted by Crippen LogP contribution is 2.26. The van der Waals surface area contributed by atoms with Crippen LogP contribution in [0.1, 0.15) is 39.6 Å².